The Hall–Kier alpha value is -2.61. The number of sulfonamides is 1. The van der Waals surface area contributed by atoms with E-state index in [-0.39, 0.29) is 40.1 Å². The second-order valence-electron chi connectivity index (χ2n) is 8.80. The number of carbonyl (C=O) groups excluding carboxylic acids is 1. The van der Waals surface area contributed by atoms with E-state index in [1.54, 1.807) is 25.1 Å². The van der Waals surface area contributed by atoms with Crippen LogP contribution in [-0.2, 0) is 16.4 Å². The number of Topliss-reactive ketones (excluding diaryl/α,β-unsaturated/α-hetero) is 1. The molecule has 172 valence electrons. The Bertz CT molecular complexity index is 1180. The van der Waals surface area contributed by atoms with E-state index in [4.69, 9.17) is 4.42 Å². The number of hydrogen-bond acceptors (Lipinski definition) is 6. The summed E-state index contributed by atoms with van der Waals surface area (Å²) in [5, 5.41) is 11.1. The molecule has 0 aliphatic heterocycles. The van der Waals surface area contributed by atoms with Crippen molar-refractivity contribution in [1.29, 1.82) is 0 Å². The first-order valence-electron chi connectivity index (χ1n) is 11.3. The lowest BCUT2D eigenvalue weighted by molar-refractivity contribution is 0.0968. The lowest BCUT2D eigenvalue weighted by atomic mass is 9.85. The summed E-state index contributed by atoms with van der Waals surface area (Å²) in [6.45, 7) is 1.79. The van der Waals surface area contributed by atoms with Crippen LogP contribution in [0.3, 0.4) is 0 Å². The number of carbonyl (C=O) groups is 1. The number of nitrogens with one attached hydrogen (secondary N) is 1. The summed E-state index contributed by atoms with van der Waals surface area (Å²) < 4.78 is 32.6. The minimum atomic E-state index is -3.46. The largest absolute Gasteiger partial charge is 0.506 e. The van der Waals surface area contributed by atoms with Gasteiger partial charge in [-0.1, -0.05) is 25.5 Å². The lowest BCUT2D eigenvalue weighted by Gasteiger charge is -2.21. The van der Waals surface area contributed by atoms with Gasteiger partial charge in [-0.15, -0.1) is 0 Å². The van der Waals surface area contributed by atoms with Gasteiger partial charge in [0.15, 0.2) is 5.78 Å². The maximum absolute atomic E-state index is 13.0. The fourth-order valence-corrected chi connectivity index (χ4v) is 5.72. The number of anilines is 1. The van der Waals surface area contributed by atoms with Crippen LogP contribution in [0.4, 0.5) is 5.69 Å². The minimum absolute atomic E-state index is 0.0145. The second kappa shape index (κ2) is 9.10. The van der Waals surface area contributed by atoms with Crippen molar-refractivity contribution in [3.05, 3.63) is 57.1 Å². The standard InChI is InChI=1S/C24H29NO6S/c1-2-13-32(29,30)25-17-8-6-7-16(14-17)20(15-11-12-15)22-23(27)21-18(26)9-4-3-5-10-19(21)31-24(22)28/h6-8,14-15,20,25,27H,2-5,9-13H2,1H3. The van der Waals surface area contributed by atoms with Crippen LogP contribution < -0.4 is 10.3 Å². The highest BCUT2D eigenvalue weighted by molar-refractivity contribution is 7.92. The summed E-state index contributed by atoms with van der Waals surface area (Å²) >= 11 is 0. The smallest absolute Gasteiger partial charge is 0.343 e. The van der Waals surface area contributed by atoms with Crippen molar-refractivity contribution in [2.45, 2.75) is 64.2 Å². The highest BCUT2D eigenvalue weighted by Gasteiger charge is 2.39. The molecule has 1 heterocycles. The zero-order valence-corrected chi connectivity index (χ0v) is 19.0. The monoisotopic (exact) mass is 459 g/mol. The molecule has 8 heteroatoms. The van der Waals surface area contributed by atoms with Crippen LogP contribution >= 0.6 is 0 Å². The van der Waals surface area contributed by atoms with Crippen molar-refractivity contribution in [2.75, 3.05) is 10.5 Å². The zero-order valence-electron chi connectivity index (χ0n) is 18.2. The van der Waals surface area contributed by atoms with Crippen LogP contribution in [0.5, 0.6) is 5.75 Å². The topological polar surface area (TPSA) is 114 Å². The molecular weight excluding hydrogens is 430 g/mol. The molecule has 0 bridgehead atoms. The van der Waals surface area contributed by atoms with E-state index < -0.39 is 21.6 Å². The highest BCUT2D eigenvalue weighted by Crippen LogP contribution is 2.49. The number of aromatic hydroxyl groups is 1. The molecule has 2 aromatic rings. The SMILES string of the molecule is CCCS(=O)(=O)Nc1cccc(C(c2c(O)c3c(oc2=O)CCCCCC3=O)C2CC2)c1. The number of benzene rings is 1. The molecule has 7 nitrogen and oxygen atoms in total. The van der Waals surface area contributed by atoms with Gasteiger partial charge in [0.2, 0.25) is 10.0 Å². The Morgan fingerprint density at radius 2 is 1.91 bits per heavy atom. The quantitative estimate of drug-likeness (QED) is 0.637. The van der Waals surface area contributed by atoms with Crippen molar-refractivity contribution < 1.29 is 22.7 Å². The van der Waals surface area contributed by atoms with E-state index in [0.29, 0.717) is 30.5 Å². The summed E-state index contributed by atoms with van der Waals surface area (Å²) in [6.07, 6.45) is 5.44. The van der Waals surface area contributed by atoms with Crippen molar-refractivity contribution in [3.63, 3.8) is 0 Å². The van der Waals surface area contributed by atoms with Crippen molar-refractivity contribution in [2.24, 2.45) is 5.92 Å². The lowest BCUT2D eigenvalue weighted by Crippen LogP contribution is -2.21. The predicted octanol–water partition coefficient (Wildman–Crippen LogP) is 4.34. The van der Waals surface area contributed by atoms with Gasteiger partial charge in [0.25, 0.3) is 0 Å². The van der Waals surface area contributed by atoms with Crippen LogP contribution in [-0.4, -0.2) is 25.1 Å². The van der Waals surface area contributed by atoms with Crippen LogP contribution in [0.1, 0.15) is 85.0 Å². The van der Waals surface area contributed by atoms with Gasteiger partial charge >= 0.3 is 5.63 Å². The maximum Gasteiger partial charge on any atom is 0.343 e. The third-order valence-electron chi connectivity index (χ3n) is 6.19. The average molecular weight is 460 g/mol. The molecule has 0 radical (unpaired) electrons. The highest BCUT2D eigenvalue weighted by atomic mass is 32.2. The molecule has 1 saturated carbocycles. The summed E-state index contributed by atoms with van der Waals surface area (Å²) in [5.41, 5.74) is 0.750. The van der Waals surface area contributed by atoms with Gasteiger partial charge in [0.05, 0.1) is 16.9 Å². The van der Waals surface area contributed by atoms with Gasteiger partial charge in [0.1, 0.15) is 11.5 Å². The molecule has 32 heavy (non-hydrogen) atoms. The van der Waals surface area contributed by atoms with Crippen molar-refractivity contribution in [1.82, 2.24) is 0 Å². The minimum Gasteiger partial charge on any atom is -0.506 e. The van der Waals surface area contributed by atoms with Crippen LogP contribution in [0.15, 0.2) is 33.5 Å². The molecule has 0 amide bonds. The molecule has 4 rings (SSSR count). The van der Waals surface area contributed by atoms with E-state index in [0.717, 1.165) is 32.1 Å². The molecule has 1 aromatic carbocycles. The Kier molecular flexibility index (Phi) is 6.42. The number of rotatable bonds is 7. The van der Waals surface area contributed by atoms with Gasteiger partial charge in [-0.05, 0) is 55.7 Å². The molecule has 0 saturated heterocycles. The average Bonchev–Trinajstić information content (AvgIpc) is 3.53. The van der Waals surface area contributed by atoms with Gasteiger partial charge in [0, 0.05) is 24.4 Å². The van der Waals surface area contributed by atoms with E-state index in [2.05, 4.69) is 4.72 Å². The number of hydrogen-bond donors (Lipinski definition) is 2. The fourth-order valence-electron chi connectivity index (χ4n) is 4.59. The van der Waals surface area contributed by atoms with E-state index in [9.17, 15) is 23.1 Å². The molecule has 1 fully saturated rings. The molecule has 2 aliphatic rings. The number of ketones is 1. The predicted molar refractivity (Wildman–Crippen MR) is 122 cm³/mol. The number of aryl methyl sites for hydroxylation is 1. The zero-order chi connectivity index (χ0) is 22.9. The third-order valence-corrected chi connectivity index (χ3v) is 7.68. The van der Waals surface area contributed by atoms with E-state index >= 15 is 0 Å². The number of fused-ring (bicyclic) bond motifs is 1. The molecule has 2 N–H and O–H groups in total. The van der Waals surface area contributed by atoms with Gasteiger partial charge in [-0.2, -0.15) is 0 Å². The van der Waals surface area contributed by atoms with Crippen LogP contribution in [0.2, 0.25) is 0 Å². The summed E-state index contributed by atoms with van der Waals surface area (Å²) in [5.74, 6) is -0.523. The Labute approximate surface area is 187 Å². The van der Waals surface area contributed by atoms with E-state index in [1.165, 1.54) is 0 Å². The molecule has 1 unspecified atom stereocenters. The maximum atomic E-state index is 13.0. The first kappa shape index (κ1) is 22.6. The Morgan fingerprint density at radius 3 is 2.62 bits per heavy atom. The molecule has 2 aliphatic carbocycles. The van der Waals surface area contributed by atoms with Crippen LogP contribution in [0, 0.1) is 5.92 Å². The summed E-state index contributed by atoms with van der Waals surface area (Å²) in [7, 11) is -3.46. The molecule has 1 atom stereocenters. The molecular formula is C24H29NO6S. The summed E-state index contributed by atoms with van der Waals surface area (Å²) in [4.78, 5) is 25.8. The normalized spacial score (nSPS) is 17.8. The molecule has 1 aromatic heterocycles. The molecule has 0 spiro atoms. The third kappa shape index (κ3) is 4.75. The van der Waals surface area contributed by atoms with Gasteiger partial charge in [-0.3, -0.25) is 9.52 Å². The van der Waals surface area contributed by atoms with Crippen LogP contribution in [0.25, 0.3) is 0 Å². The summed E-state index contributed by atoms with van der Waals surface area (Å²) in [6, 6.07) is 6.91. The van der Waals surface area contributed by atoms with Gasteiger partial charge < -0.3 is 9.52 Å². The second-order valence-corrected chi connectivity index (χ2v) is 10.6. The Balaban J connectivity index is 1.79. The first-order chi connectivity index (χ1) is 15.3. The van der Waals surface area contributed by atoms with Crippen molar-refractivity contribution >= 4 is 21.5 Å². The Morgan fingerprint density at radius 1 is 1.16 bits per heavy atom. The van der Waals surface area contributed by atoms with Crippen molar-refractivity contribution in [3.8, 4) is 5.75 Å². The van der Waals surface area contributed by atoms with E-state index in [1.807, 2.05) is 6.07 Å². The fraction of sp³-hybridized carbons (Fsp3) is 0.500. The first-order valence-corrected chi connectivity index (χ1v) is 13.0. The van der Waals surface area contributed by atoms with Gasteiger partial charge in [-0.25, -0.2) is 13.2 Å².